The third-order valence-electron chi connectivity index (χ3n) is 1.25. The van der Waals surface area contributed by atoms with Crippen LogP contribution in [0.2, 0.25) is 0 Å². The van der Waals surface area contributed by atoms with Crippen molar-refractivity contribution in [2.45, 2.75) is 13.0 Å². The topological polar surface area (TPSA) is 29.5 Å². The van der Waals surface area contributed by atoms with Gasteiger partial charge in [0.15, 0.2) is 0 Å². The molecule has 0 aromatic heterocycles. The van der Waals surface area contributed by atoms with Gasteiger partial charge < -0.3 is 9.84 Å². The number of aliphatic hydroxyl groups is 1. The van der Waals surface area contributed by atoms with Crippen LogP contribution >= 0.6 is 0 Å². The number of hydrogen-bond acceptors (Lipinski definition) is 2. The first-order chi connectivity index (χ1) is 6.42. The van der Waals surface area contributed by atoms with Gasteiger partial charge in [-0.2, -0.15) is 0 Å². The minimum atomic E-state index is -4.76. The number of ether oxygens (including phenoxy) is 1. The van der Waals surface area contributed by atoms with Crippen molar-refractivity contribution >= 4 is 0 Å². The molecule has 0 amide bonds. The van der Waals surface area contributed by atoms with E-state index in [0.717, 1.165) is 12.1 Å². The molecule has 0 atom stereocenters. The van der Waals surface area contributed by atoms with Crippen molar-refractivity contribution < 1.29 is 24.4 Å². The van der Waals surface area contributed by atoms with Crippen LogP contribution in [0.1, 0.15) is 6.93 Å². The zero-order chi connectivity index (χ0) is 10.8. The third-order valence-corrected chi connectivity index (χ3v) is 1.25. The maximum absolute atomic E-state index is 11.7. The van der Waals surface area contributed by atoms with Gasteiger partial charge >= 0.3 is 6.36 Å². The molecule has 1 rings (SSSR count). The second-order valence-electron chi connectivity index (χ2n) is 2.26. The molecule has 1 N–H and O–H groups in total. The lowest BCUT2D eigenvalue weighted by Crippen LogP contribution is -2.16. The fraction of sp³-hybridized carbons (Fsp3) is 0.250. The Hall–Kier alpha value is -1.23. The van der Waals surface area contributed by atoms with Crippen LogP contribution in [-0.4, -0.2) is 11.5 Å². The van der Waals surface area contributed by atoms with Gasteiger partial charge in [0.2, 0.25) is 0 Å². The lowest BCUT2D eigenvalue weighted by Gasteiger charge is -2.08. The third kappa shape index (κ3) is 3.33. The summed E-state index contributed by atoms with van der Waals surface area (Å²) in [5, 5.41) is 8.66. The molecule has 0 fully saturated rings. The van der Waals surface area contributed by atoms with Crippen LogP contribution in [-0.2, 0) is 6.61 Å². The zero-order valence-corrected chi connectivity index (χ0v) is 6.43. The molecular formula is C8H7F3O2. The van der Waals surface area contributed by atoms with Crippen LogP contribution in [0.4, 0.5) is 13.2 Å². The lowest BCUT2D eigenvalue weighted by molar-refractivity contribution is -0.274. The molecule has 0 aliphatic carbocycles. The Balaban J connectivity index is 2.87. The van der Waals surface area contributed by atoms with Gasteiger partial charge in [0.1, 0.15) is 5.75 Å². The second-order valence-corrected chi connectivity index (χ2v) is 2.26. The fourth-order valence-corrected chi connectivity index (χ4v) is 0.738. The summed E-state index contributed by atoms with van der Waals surface area (Å²) in [6.07, 6.45) is -4.76. The van der Waals surface area contributed by atoms with Gasteiger partial charge in [-0.3, -0.25) is 0 Å². The van der Waals surface area contributed by atoms with Crippen molar-refractivity contribution in [1.29, 1.82) is 0 Å². The van der Waals surface area contributed by atoms with Gasteiger partial charge in [-0.05, 0) is 17.7 Å². The Morgan fingerprint density at radius 2 is 2.08 bits per heavy atom. The van der Waals surface area contributed by atoms with Crippen molar-refractivity contribution in [1.82, 2.24) is 0 Å². The van der Waals surface area contributed by atoms with E-state index in [4.69, 9.17) is 6.48 Å². The predicted octanol–water partition coefficient (Wildman–Crippen LogP) is 2.08. The van der Waals surface area contributed by atoms with Gasteiger partial charge in [0, 0.05) is 0 Å². The molecule has 72 valence electrons. The van der Waals surface area contributed by atoms with Crippen LogP contribution in [0.25, 0.3) is 0 Å². The van der Waals surface area contributed by atoms with Gasteiger partial charge in [-0.15, -0.1) is 13.2 Å². The second kappa shape index (κ2) is 3.66. The van der Waals surface area contributed by atoms with Crippen LogP contribution in [0, 0.1) is 0 Å². The van der Waals surface area contributed by atoms with Crippen LogP contribution in [0.3, 0.4) is 0 Å². The molecule has 13 heavy (non-hydrogen) atoms. The molecule has 5 heteroatoms. The van der Waals surface area contributed by atoms with E-state index >= 15 is 0 Å². The standard InChI is InChI=1S/C8H7F3O2/c9-8(10,11)13-7-3-1-6(5-12)2-4-7/h1-4,12H,5H2/i1D. The Morgan fingerprint density at radius 3 is 2.54 bits per heavy atom. The quantitative estimate of drug-likeness (QED) is 0.779. The normalized spacial score (nSPS) is 12.5. The largest absolute Gasteiger partial charge is 0.573 e. The smallest absolute Gasteiger partial charge is 0.406 e. The molecule has 0 aliphatic rings. The number of benzene rings is 1. The molecule has 1 aromatic carbocycles. The predicted molar refractivity (Wildman–Crippen MR) is 39.0 cm³/mol. The van der Waals surface area contributed by atoms with E-state index in [1.54, 1.807) is 0 Å². The van der Waals surface area contributed by atoms with Crippen molar-refractivity contribution in [2.75, 3.05) is 0 Å². The van der Waals surface area contributed by atoms with Gasteiger partial charge in [-0.25, -0.2) is 0 Å². The number of alkyl halides is 3. The van der Waals surface area contributed by atoms with Crippen LogP contribution in [0.5, 0.6) is 5.75 Å². The summed E-state index contributed by atoms with van der Waals surface area (Å²) in [4.78, 5) is 0. The van der Waals surface area contributed by atoms with Crippen molar-refractivity contribution in [3.63, 3.8) is 0 Å². The van der Waals surface area contributed by atoms with E-state index in [0.29, 0.717) is 0 Å². The molecule has 0 aliphatic heterocycles. The van der Waals surface area contributed by atoms with Crippen LogP contribution < -0.4 is 4.74 Å². The average molecular weight is 193 g/mol. The van der Waals surface area contributed by atoms with E-state index in [1.807, 2.05) is 0 Å². The molecule has 0 heterocycles. The Bertz CT molecular complexity index is 325. The van der Waals surface area contributed by atoms with Crippen LogP contribution in [0.15, 0.2) is 24.2 Å². The molecule has 0 unspecified atom stereocenters. The van der Waals surface area contributed by atoms with E-state index in [9.17, 15) is 13.2 Å². The lowest BCUT2D eigenvalue weighted by atomic mass is 10.2. The summed E-state index contributed by atoms with van der Waals surface area (Å²) < 4.78 is 46.0. The molecule has 0 saturated heterocycles. The highest BCUT2D eigenvalue weighted by molar-refractivity contribution is 5.26. The van der Waals surface area contributed by atoms with E-state index in [1.165, 1.54) is 6.07 Å². The van der Waals surface area contributed by atoms with Gasteiger partial charge in [0.25, 0.3) is 0 Å². The van der Waals surface area contributed by atoms with Crippen molar-refractivity contribution in [3.8, 4) is 5.75 Å². The monoisotopic (exact) mass is 193 g/mol. The molecule has 1 aromatic rings. The summed E-state index contributed by atoms with van der Waals surface area (Å²) in [5.41, 5.74) is 0.250. The highest BCUT2D eigenvalue weighted by atomic mass is 19.4. The average Bonchev–Trinajstić information content (AvgIpc) is 2.01. The number of hydrogen-bond donors (Lipinski definition) is 1. The highest BCUT2D eigenvalue weighted by Crippen LogP contribution is 2.22. The summed E-state index contributed by atoms with van der Waals surface area (Å²) in [7, 11) is 0. The maximum Gasteiger partial charge on any atom is 0.573 e. The molecule has 0 bridgehead atoms. The van der Waals surface area contributed by atoms with Crippen molar-refractivity contribution in [2.24, 2.45) is 0 Å². The maximum atomic E-state index is 11.7. The SMILES string of the molecule is [2H]c1cc(OC(F)(F)F)ccc1CO. The van der Waals surface area contributed by atoms with E-state index in [2.05, 4.69) is 4.74 Å². The number of rotatable bonds is 2. The molecule has 2 nitrogen and oxygen atoms in total. The fourth-order valence-electron chi connectivity index (χ4n) is 0.738. The molecule has 0 radical (unpaired) electrons. The van der Waals surface area contributed by atoms with E-state index in [-0.39, 0.29) is 18.2 Å². The minimum absolute atomic E-state index is 0.186. The molecule has 0 saturated carbocycles. The summed E-state index contributed by atoms with van der Waals surface area (Å²) in [6.45, 7) is -0.384. The number of halogens is 3. The first-order valence-electron chi connectivity index (χ1n) is 3.88. The molecule has 0 spiro atoms. The van der Waals surface area contributed by atoms with Gasteiger partial charge in [-0.1, -0.05) is 12.1 Å². The summed E-state index contributed by atoms with van der Waals surface area (Å²) >= 11 is 0. The van der Waals surface area contributed by atoms with Crippen molar-refractivity contribution in [3.05, 3.63) is 29.8 Å². The Morgan fingerprint density at radius 1 is 1.38 bits per heavy atom. The molecular weight excluding hydrogens is 185 g/mol. The van der Waals surface area contributed by atoms with Gasteiger partial charge in [0.05, 0.1) is 7.98 Å². The first kappa shape index (κ1) is 8.37. The van der Waals surface area contributed by atoms with E-state index < -0.39 is 12.1 Å². The zero-order valence-electron chi connectivity index (χ0n) is 7.43. The summed E-state index contributed by atoms with van der Waals surface area (Å²) in [6, 6.07) is 2.98. The Kier molecular flexibility index (Phi) is 2.35. The first-order valence-corrected chi connectivity index (χ1v) is 3.38. The Labute approximate surface area is 74.0 Å². The minimum Gasteiger partial charge on any atom is -0.406 e. The number of aliphatic hydroxyl groups excluding tert-OH is 1. The summed E-state index contributed by atoms with van der Waals surface area (Å²) in [5.74, 6) is -0.459. The highest BCUT2D eigenvalue weighted by Gasteiger charge is 2.30.